The fourth-order valence-electron chi connectivity index (χ4n) is 3.08. The van der Waals surface area contributed by atoms with Crippen LogP contribution in [0.3, 0.4) is 0 Å². The van der Waals surface area contributed by atoms with Gasteiger partial charge >= 0.3 is 0 Å². The van der Waals surface area contributed by atoms with Crippen molar-refractivity contribution in [1.29, 1.82) is 0 Å². The minimum Gasteiger partial charge on any atom is -0.306 e. The number of hydrogen-bond donors (Lipinski definition) is 0. The zero-order chi connectivity index (χ0) is 11.0. The van der Waals surface area contributed by atoms with Gasteiger partial charge in [0.2, 0.25) is 0 Å². The Morgan fingerprint density at radius 1 is 1.14 bits per heavy atom. The molecule has 84 valence electrons. The smallest absolute Gasteiger partial charge is 0.00298 e. The van der Waals surface area contributed by atoms with Crippen molar-refractivity contribution in [3.05, 3.63) is 0 Å². The second kappa shape index (κ2) is 3.84. The molecule has 1 heterocycles. The van der Waals surface area contributed by atoms with Crippen molar-refractivity contribution < 1.29 is 0 Å². The summed E-state index contributed by atoms with van der Waals surface area (Å²) in [5.74, 6) is 0.838. The summed E-state index contributed by atoms with van der Waals surface area (Å²) in [6.45, 7) is 14.6. The van der Waals surface area contributed by atoms with Crippen molar-refractivity contribution in [3.8, 4) is 0 Å². The zero-order valence-corrected chi connectivity index (χ0v) is 10.9. The van der Waals surface area contributed by atoms with Crippen LogP contribution in [0.1, 0.15) is 47.5 Å². The molecule has 0 radical (unpaired) electrons. The summed E-state index contributed by atoms with van der Waals surface area (Å²) in [6.07, 6.45) is 2.69. The summed E-state index contributed by atoms with van der Waals surface area (Å²) in [4.78, 5) is 2.49. The molecule has 14 heavy (non-hydrogen) atoms. The Kier molecular flexibility index (Phi) is 3.30. The third kappa shape index (κ3) is 2.98. The van der Waals surface area contributed by atoms with Gasteiger partial charge in [-0.05, 0) is 43.2 Å². The van der Waals surface area contributed by atoms with Gasteiger partial charge in [-0.3, -0.25) is 0 Å². The monoisotopic (exact) mass is 197 g/mol. The van der Waals surface area contributed by atoms with Crippen LogP contribution in [0.25, 0.3) is 0 Å². The standard InChI is InChI=1S/C13H27N/c1-11-7-8-14(6)10-12(2,3)9-13(11,4)5/h11H,7-10H2,1-6H3. The third-order valence-electron chi connectivity index (χ3n) is 3.91. The molecule has 0 aliphatic carbocycles. The highest BCUT2D eigenvalue weighted by atomic mass is 15.1. The Bertz CT molecular complexity index is 193. The highest BCUT2D eigenvalue weighted by molar-refractivity contribution is 4.87. The van der Waals surface area contributed by atoms with Gasteiger partial charge < -0.3 is 4.90 Å². The van der Waals surface area contributed by atoms with Gasteiger partial charge in [0.15, 0.2) is 0 Å². The maximum atomic E-state index is 2.49. The molecule has 0 N–H and O–H groups in total. The maximum absolute atomic E-state index is 2.49. The van der Waals surface area contributed by atoms with Gasteiger partial charge in [-0.25, -0.2) is 0 Å². The molecule has 1 saturated heterocycles. The molecule has 0 spiro atoms. The van der Waals surface area contributed by atoms with Gasteiger partial charge in [-0.1, -0.05) is 34.6 Å². The first-order chi connectivity index (χ1) is 6.23. The van der Waals surface area contributed by atoms with Crippen LogP contribution in [0.4, 0.5) is 0 Å². The van der Waals surface area contributed by atoms with E-state index in [4.69, 9.17) is 0 Å². The quantitative estimate of drug-likeness (QED) is 0.575. The molecule has 0 aromatic heterocycles. The molecule has 1 fully saturated rings. The van der Waals surface area contributed by atoms with Gasteiger partial charge in [0.25, 0.3) is 0 Å². The van der Waals surface area contributed by atoms with Crippen molar-refractivity contribution in [2.75, 3.05) is 20.1 Å². The number of rotatable bonds is 0. The summed E-state index contributed by atoms with van der Waals surface area (Å²) in [7, 11) is 2.26. The highest BCUT2D eigenvalue weighted by Gasteiger charge is 2.35. The normalized spacial score (nSPS) is 33.4. The average Bonchev–Trinajstić information content (AvgIpc) is 1.95. The first-order valence-corrected chi connectivity index (χ1v) is 5.91. The lowest BCUT2D eigenvalue weighted by Crippen LogP contribution is -2.41. The molecular formula is C13H27N. The van der Waals surface area contributed by atoms with Crippen LogP contribution in [0.5, 0.6) is 0 Å². The first kappa shape index (κ1) is 12.0. The fourth-order valence-corrected chi connectivity index (χ4v) is 3.08. The SMILES string of the molecule is CC1CCN(C)CC(C)(C)CC1(C)C. The molecule has 1 atom stereocenters. The van der Waals surface area contributed by atoms with E-state index >= 15 is 0 Å². The lowest BCUT2D eigenvalue weighted by atomic mass is 9.67. The van der Waals surface area contributed by atoms with Crippen molar-refractivity contribution in [3.63, 3.8) is 0 Å². The van der Waals surface area contributed by atoms with Gasteiger partial charge in [0, 0.05) is 6.54 Å². The predicted molar refractivity (Wildman–Crippen MR) is 63.5 cm³/mol. The third-order valence-corrected chi connectivity index (χ3v) is 3.91. The molecule has 0 bridgehead atoms. The molecule has 1 aliphatic heterocycles. The van der Waals surface area contributed by atoms with Gasteiger partial charge in [-0.15, -0.1) is 0 Å². The molecular weight excluding hydrogens is 170 g/mol. The van der Waals surface area contributed by atoms with Crippen LogP contribution in [-0.4, -0.2) is 25.0 Å². The van der Waals surface area contributed by atoms with E-state index in [9.17, 15) is 0 Å². The van der Waals surface area contributed by atoms with Crippen molar-refractivity contribution in [2.45, 2.75) is 47.5 Å². The van der Waals surface area contributed by atoms with Crippen molar-refractivity contribution in [1.82, 2.24) is 4.90 Å². The Balaban J connectivity index is 2.77. The highest BCUT2D eigenvalue weighted by Crippen LogP contribution is 2.42. The number of nitrogens with zero attached hydrogens (tertiary/aromatic N) is 1. The van der Waals surface area contributed by atoms with Crippen LogP contribution in [0.2, 0.25) is 0 Å². The zero-order valence-electron chi connectivity index (χ0n) is 10.9. The minimum absolute atomic E-state index is 0.465. The van der Waals surface area contributed by atoms with Gasteiger partial charge in [0.1, 0.15) is 0 Å². The Morgan fingerprint density at radius 2 is 1.71 bits per heavy atom. The topological polar surface area (TPSA) is 3.24 Å². The largest absolute Gasteiger partial charge is 0.306 e. The Hall–Kier alpha value is -0.0400. The summed E-state index contributed by atoms with van der Waals surface area (Å²) in [5, 5.41) is 0. The van der Waals surface area contributed by atoms with Crippen LogP contribution in [-0.2, 0) is 0 Å². The first-order valence-electron chi connectivity index (χ1n) is 5.91. The van der Waals surface area contributed by atoms with E-state index in [2.05, 4.69) is 46.6 Å². The van der Waals surface area contributed by atoms with Crippen LogP contribution in [0.15, 0.2) is 0 Å². The Labute approximate surface area is 89.9 Å². The lowest BCUT2D eigenvalue weighted by molar-refractivity contribution is 0.0616. The fraction of sp³-hybridized carbons (Fsp3) is 1.00. The molecule has 0 amide bonds. The molecule has 0 aromatic carbocycles. The lowest BCUT2D eigenvalue weighted by Gasteiger charge is -2.44. The van der Waals surface area contributed by atoms with E-state index in [1.165, 1.54) is 25.9 Å². The Morgan fingerprint density at radius 3 is 2.29 bits per heavy atom. The van der Waals surface area contributed by atoms with E-state index in [0.717, 1.165) is 5.92 Å². The molecule has 1 rings (SSSR count). The summed E-state index contributed by atoms with van der Waals surface area (Å²) >= 11 is 0. The molecule has 1 nitrogen and oxygen atoms in total. The van der Waals surface area contributed by atoms with E-state index < -0.39 is 0 Å². The number of hydrogen-bond acceptors (Lipinski definition) is 1. The van der Waals surface area contributed by atoms with Crippen molar-refractivity contribution in [2.24, 2.45) is 16.7 Å². The second-order valence-electron chi connectivity index (χ2n) is 6.76. The van der Waals surface area contributed by atoms with Crippen LogP contribution in [0, 0.1) is 16.7 Å². The molecule has 1 heteroatoms. The van der Waals surface area contributed by atoms with Crippen LogP contribution >= 0.6 is 0 Å². The van der Waals surface area contributed by atoms with Gasteiger partial charge in [-0.2, -0.15) is 0 Å². The summed E-state index contributed by atoms with van der Waals surface area (Å²) in [6, 6.07) is 0. The molecule has 1 unspecified atom stereocenters. The van der Waals surface area contributed by atoms with Crippen LogP contribution < -0.4 is 0 Å². The summed E-state index contributed by atoms with van der Waals surface area (Å²) < 4.78 is 0. The average molecular weight is 197 g/mol. The number of likely N-dealkylation sites (tertiary alicyclic amines) is 1. The minimum atomic E-state index is 0.465. The maximum Gasteiger partial charge on any atom is 0.00298 e. The second-order valence-corrected chi connectivity index (χ2v) is 6.76. The van der Waals surface area contributed by atoms with E-state index in [-0.39, 0.29) is 0 Å². The molecule has 1 aliphatic rings. The predicted octanol–water partition coefficient (Wildman–Crippen LogP) is 3.40. The molecule has 0 aromatic rings. The summed E-state index contributed by atoms with van der Waals surface area (Å²) in [5.41, 5.74) is 0.970. The van der Waals surface area contributed by atoms with E-state index in [0.29, 0.717) is 10.8 Å². The van der Waals surface area contributed by atoms with Gasteiger partial charge in [0.05, 0.1) is 0 Å². The molecule has 0 saturated carbocycles. The van der Waals surface area contributed by atoms with E-state index in [1.54, 1.807) is 0 Å². The van der Waals surface area contributed by atoms with Crippen molar-refractivity contribution >= 4 is 0 Å². The van der Waals surface area contributed by atoms with E-state index in [1.807, 2.05) is 0 Å².